The fraction of sp³-hybridized carbons (Fsp3) is 1.00. The minimum atomic E-state index is 0.582. The Bertz CT molecular complexity index is 123. The summed E-state index contributed by atoms with van der Waals surface area (Å²) < 4.78 is 10.5. The van der Waals surface area contributed by atoms with E-state index in [4.69, 9.17) is 26.8 Å². The van der Waals surface area contributed by atoms with Gasteiger partial charge in [-0.1, -0.05) is 12.8 Å². The van der Waals surface area contributed by atoms with E-state index in [1.807, 2.05) is 26.0 Å². The number of unbranched alkanes of at least 4 members (excludes halogenated alkanes) is 3. The number of hydrogen-bond acceptors (Lipinski definition) is 4. The molecular weight excluding hydrogens is 252 g/mol. The van der Waals surface area contributed by atoms with Crippen molar-refractivity contribution < 1.29 is 9.47 Å². The Morgan fingerprint density at radius 2 is 1.33 bits per heavy atom. The van der Waals surface area contributed by atoms with Crippen molar-refractivity contribution in [1.29, 1.82) is 0 Å². The summed E-state index contributed by atoms with van der Waals surface area (Å²) in [4.78, 5) is 2.00. The first-order valence-electron chi connectivity index (χ1n) is 6.67. The summed E-state index contributed by atoms with van der Waals surface area (Å²) in [6, 6.07) is 0. The molecule has 2 N–H and O–H groups in total. The molecule has 0 unspecified atom stereocenters. The van der Waals surface area contributed by atoms with Gasteiger partial charge in [-0.05, 0) is 34.0 Å². The van der Waals surface area contributed by atoms with Gasteiger partial charge in [0.2, 0.25) is 0 Å². The highest BCUT2D eigenvalue weighted by atomic mass is 35.5. The number of nitrogens with zero attached hydrogens (tertiary/aromatic N) is 1. The first-order valence-corrected chi connectivity index (χ1v) is 7.21. The van der Waals surface area contributed by atoms with E-state index in [-0.39, 0.29) is 0 Å². The molecule has 0 aliphatic rings. The second-order valence-electron chi connectivity index (χ2n) is 4.46. The van der Waals surface area contributed by atoms with Crippen molar-refractivity contribution in [2.24, 2.45) is 5.73 Å². The molecule has 0 heterocycles. The minimum absolute atomic E-state index is 0.582. The molecule has 0 aliphatic heterocycles. The van der Waals surface area contributed by atoms with Crippen molar-refractivity contribution in [2.45, 2.75) is 25.7 Å². The molecule has 18 heavy (non-hydrogen) atoms. The SMILES string of the molecule is CN(C)C.NCCOCCOCCCCCCCl. The molecular formula is C13H31ClN2O2. The minimum Gasteiger partial charge on any atom is -0.379 e. The molecule has 0 atom stereocenters. The first kappa shape index (κ1) is 20.4. The van der Waals surface area contributed by atoms with Gasteiger partial charge in [0, 0.05) is 19.0 Å². The maximum Gasteiger partial charge on any atom is 0.0701 e. The summed E-state index contributed by atoms with van der Waals surface area (Å²) in [5, 5.41) is 0. The van der Waals surface area contributed by atoms with E-state index in [1.54, 1.807) is 0 Å². The lowest BCUT2D eigenvalue weighted by molar-refractivity contribution is 0.0492. The number of ether oxygens (including phenoxy) is 2. The Kier molecular flexibility index (Phi) is 22.1. The Morgan fingerprint density at radius 3 is 1.83 bits per heavy atom. The van der Waals surface area contributed by atoms with E-state index in [9.17, 15) is 0 Å². The van der Waals surface area contributed by atoms with Crippen LogP contribution in [0.4, 0.5) is 0 Å². The van der Waals surface area contributed by atoms with Gasteiger partial charge in [-0.15, -0.1) is 11.6 Å². The fourth-order valence-corrected chi connectivity index (χ4v) is 1.25. The quantitative estimate of drug-likeness (QED) is 0.465. The summed E-state index contributed by atoms with van der Waals surface area (Å²) in [7, 11) is 6.00. The van der Waals surface area contributed by atoms with Crippen molar-refractivity contribution in [3.63, 3.8) is 0 Å². The van der Waals surface area contributed by atoms with Crippen LogP contribution in [-0.2, 0) is 9.47 Å². The Balaban J connectivity index is 0. The van der Waals surface area contributed by atoms with Crippen LogP contribution in [-0.4, -0.2) is 64.9 Å². The third-order valence-corrected chi connectivity index (χ3v) is 2.07. The van der Waals surface area contributed by atoms with E-state index < -0.39 is 0 Å². The highest BCUT2D eigenvalue weighted by Gasteiger charge is 1.91. The van der Waals surface area contributed by atoms with Crippen molar-refractivity contribution in [3.8, 4) is 0 Å². The molecule has 0 bridgehead atoms. The molecule has 0 spiro atoms. The molecule has 0 saturated carbocycles. The van der Waals surface area contributed by atoms with Gasteiger partial charge in [0.25, 0.3) is 0 Å². The van der Waals surface area contributed by atoms with Gasteiger partial charge in [0.1, 0.15) is 0 Å². The summed E-state index contributed by atoms with van der Waals surface area (Å²) in [6.07, 6.45) is 4.64. The number of hydrogen-bond donors (Lipinski definition) is 1. The molecule has 0 aromatic heterocycles. The van der Waals surface area contributed by atoms with Crippen LogP contribution in [0.1, 0.15) is 25.7 Å². The number of alkyl halides is 1. The molecule has 0 amide bonds. The zero-order valence-electron chi connectivity index (χ0n) is 12.3. The van der Waals surface area contributed by atoms with Crippen LogP contribution in [0.15, 0.2) is 0 Å². The van der Waals surface area contributed by atoms with E-state index in [1.165, 1.54) is 12.8 Å². The topological polar surface area (TPSA) is 47.7 Å². The summed E-state index contributed by atoms with van der Waals surface area (Å²) >= 11 is 5.55. The monoisotopic (exact) mass is 282 g/mol. The Hall–Kier alpha value is 0.130. The molecule has 0 fully saturated rings. The third kappa shape index (κ3) is 29.8. The van der Waals surface area contributed by atoms with E-state index in [0.29, 0.717) is 26.4 Å². The predicted molar refractivity (Wildman–Crippen MR) is 79.5 cm³/mol. The Morgan fingerprint density at radius 1 is 0.833 bits per heavy atom. The second-order valence-corrected chi connectivity index (χ2v) is 4.84. The van der Waals surface area contributed by atoms with Gasteiger partial charge in [-0.25, -0.2) is 0 Å². The lowest BCUT2D eigenvalue weighted by Gasteiger charge is -2.04. The summed E-state index contributed by atoms with van der Waals surface area (Å²) in [5.74, 6) is 0.772. The smallest absolute Gasteiger partial charge is 0.0701 e. The van der Waals surface area contributed by atoms with Crippen LogP contribution in [0.2, 0.25) is 0 Å². The molecule has 0 saturated heterocycles. The molecule has 4 nitrogen and oxygen atoms in total. The fourth-order valence-electron chi connectivity index (χ4n) is 1.06. The largest absolute Gasteiger partial charge is 0.379 e. The number of rotatable bonds is 11. The van der Waals surface area contributed by atoms with Gasteiger partial charge in [0.05, 0.1) is 19.8 Å². The van der Waals surface area contributed by atoms with Crippen molar-refractivity contribution in [1.82, 2.24) is 4.90 Å². The third-order valence-electron chi connectivity index (χ3n) is 1.81. The first-order chi connectivity index (χ1) is 8.65. The maximum absolute atomic E-state index is 5.55. The predicted octanol–water partition coefficient (Wildman–Crippen LogP) is 1.96. The zero-order valence-corrected chi connectivity index (χ0v) is 13.0. The lowest BCUT2D eigenvalue weighted by Crippen LogP contribution is -2.12. The van der Waals surface area contributed by atoms with Gasteiger partial charge < -0.3 is 20.1 Å². The Labute approximate surface area is 118 Å². The molecule has 5 heteroatoms. The molecule has 0 rings (SSSR count). The van der Waals surface area contributed by atoms with Crippen molar-refractivity contribution >= 4 is 11.6 Å². The average Bonchev–Trinajstić information content (AvgIpc) is 2.31. The van der Waals surface area contributed by atoms with E-state index >= 15 is 0 Å². The highest BCUT2D eigenvalue weighted by Crippen LogP contribution is 2.00. The number of halogens is 1. The number of nitrogens with two attached hydrogens (primary N) is 1. The molecule has 0 aliphatic carbocycles. The van der Waals surface area contributed by atoms with Crippen molar-refractivity contribution in [2.75, 3.05) is 60.0 Å². The maximum atomic E-state index is 5.55. The summed E-state index contributed by atoms with van der Waals surface area (Å²) in [6.45, 7) is 3.36. The second kappa shape index (κ2) is 19.5. The normalized spacial score (nSPS) is 10.3. The highest BCUT2D eigenvalue weighted by molar-refractivity contribution is 6.17. The molecule has 112 valence electrons. The zero-order chi connectivity index (χ0) is 14.1. The van der Waals surface area contributed by atoms with E-state index in [0.717, 1.165) is 25.3 Å². The van der Waals surface area contributed by atoms with Gasteiger partial charge in [0.15, 0.2) is 0 Å². The van der Waals surface area contributed by atoms with Gasteiger partial charge in [-0.3, -0.25) is 0 Å². The van der Waals surface area contributed by atoms with Crippen LogP contribution in [0.5, 0.6) is 0 Å². The lowest BCUT2D eigenvalue weighted by atomic mass is 10.2. The van der Waals surface area contributed by atoms with Crippen molar-refractivity contribution in [3.05, 3.63) is 0 Å². The molecule has 0 aromatic carbocycles. The van der Waals surface area contributed by atoms with Crippen LogP contribution >= 0.6 is 11.6 Å². The molecule has 0 radical (unpaired) electrons. The standard InChI is InChI=1S/C10H22ClNO2.C3H9N/c11-5-3-1-2-4-7-13-9-10-14-8-6-12;1-4(2)3/h1-10,12H2;1-3H3. The van der Waals surface area contributed by atoms with Gasteiger partial charge in [-0.2, -0.15) is 0 Å². The van der Waals surface area contributed by atoms with Crippen LogP contribution in [0, 0.1) is 0 Å². The summed E-state index contributed by atoms with van der Waals surface area (Å²) in [5.41, 5.74) is 5.26. The van der Waals surface area contributed by atoms with Gasteiger partial charge >= 0.3 is 0 Å². The average molecular weight is 283 g/mol. The van der Waals surface area contributed by atoms with Crippen LogP contribution in [0.25, 0.3) is 0 Å². The van der Waals surface area contributed by atoms with E-state index in [2.05, 4.69) is 0 Å². The van der Waals surface area contributed by atoms with Crippen LogP contribution < -0.4 is 5.73 Å². The molecule has 0 aromatic rings. The van der Waals surface area contributed by atoms with Crippen LogP contribution in [0.3, 0.4) is 0 Å².